The summed E-state index contributed by atoms with van der Waals surface area (Å²) in [4.78, 5) is 18.9. The van der Waals surface area contributed by atoms with E-state index in [0.29, 0.717) is 78.0 Å². The van der Waals surface area contributed by atoms with Gasteiger partial charge < -0.3 is 29.3 Å². The van der Waals surface area contributed by atoms with Gasteiger partial charge in [0.2, 0.25) is 0 Å². The van der Waals surface area contributed by atoms with Gasteiger partial charge in [0.05, 0.1) is 44.0 Å². The molecule has 4 aliphatic heterocycles. The van der Waals surface area contributed by atoms with E-state index < -0.39 is 17.2 Å². The number of halogens is 2. The number of aryl methyl sites for hydroxylation is 1. The number of piperidine rings is 1. The number of aromatic nitrogens is 3. The summed E-state index contributed by atoms with van der Waals surface area (Å²) in [5.74, 6) is -0.805. The first-order valence-corrected chi connectivity index (χ1v) is 19.5. The minimum absolute atomic E-state index is 0.00850. The molecule has 4 saturated heterocycles. The number of phenols is 1. The summed E-state index contributed by atoms with van der Waals surface area (Å²) in [6.07, 6.45) is 12.7. The number of benzene rings is 2. The summed E-state index contributed by atoms with van der Waals surface area (Å²) in [7, 11) is 0. The molecule has 2 aromatic heterocycles. The summed E-state index contributed by atoms with van der Waals surface area (Å²) in [5.41, 5.74) is -0.582. The predicted molar refractivity (Wildman–Crippen MR) is 197 cm³/mol. The van der Waals surface area contributed by atoms with E-state index in [1.54, 1.807) is 19.1 Å². The van der Waals surface area contributed by atoms with Crippen LogP contribution in [0.4, 0.5) is 14.6 Å². The maximum absolute atomic E-state index is 17.2. The monoisotopic (exact) mass is 729 g/mol. The molecule has 53 heavy (non-hydrogen) atoms. The summed E-state index contributed by atoms with van der Waals surface area (Å²) >= 11 is 0. The molecular weight excluding hydrogens is 680 g/mol. The first-order chi connectivity index (χ1) is 25.6. The first kappa shape index (κ1) is 35.0. The zero-order valence-corrected chi connectivity index (χ0v) is 30.6. The summed E-state index contributed by atoms with van der Waals surface area (Å²) in [6.45, 7) is 6.18. The lowest BCUT2D eigenvalue weighted by atomic mass is 9.74. The highest BCUT2D eigenvalue weighted by Crippen LogP contribution is 2.50. The second-order valence-corrected chi connectivity index (χ2v) is 16.4. The van der Waals surface area contributed by atoms with Gasteiger partial charge in [-0.25, -0.2) is 8.78 Å². The minimum Gasteiger partial charge on any atom is -0.508 e. The molecule has 2 N–H and O–H groups in total. The van der Waals surface area contributed by atoms with E-state index in [1.165, 1.54) is 31.2 Å². The number of fused-ring (bicyclic) bond motifs is 5. The molecular formula is C41H49F2N5O5. The summed E-state index contributed by atoms with van der Waals surface area (Å²) < 4.78 is 50.8. The number of pyridine rings is 1. The Bertz CT molecular complexity index is 2040. The maximum atomic E-state index is 17.2. The van der Waals surface area contributed by atoms with E-state index >= 15 is 8.78 Å². The lowest BCUT2D eigenvalue weighted by Crippen LogP contribution is -2.57. The largest absolute Gasteiger partial charge is 0.508 e. The third-order valence-corrected chi connectivity index (χ3v) is 12.7. The van der Waals surface area contributed by atoms with Crippen molar-refractivity contribution in [1.82, 2.24) is 19.9 Å². The highest BCUT2D eigenvalue weighted by atomic mass is 19.1. The maximum Gasteiger partial charge on any atom is 0.319 e. The van der Waals surface area contributed by atoms with Crippen LogP contribution in [0.5, 0.6) is 11.8 Å². The highest BCUT2D eigenvalue weighted by Gasteiger charge is 2.51. The molecule has 2 bridgehead atoms. The Morgan fingerprint density at radius 3 is 2.66 bits per heavy atom. The number of rotatable bonds is 7. The van der Waals surface area contributed by atoms with Crippen LogP contribution < -0.4 is 9.64 Å². The third-order valence-electron chi connectivity index (χ3n) is 12.7. The molecule has 0 radical (unpaired) electrons. The SMILES string of the molecule is CCc1c(F)ccc2cc(O)cc(-c3ncc4c(N5CCOC[C@@](C)(O)C5)nc(OCC56CCCC5N(C5CC7CCC(C5)O7)CCC6)nc4c3F)c12. The van der Waals surface area contributed by atoms with Crippen molar-refractivity contribution in [3.63, 3.8) is 0 Å². The highest BCUT2D eigenvalue weighted by molar-refractivity contribution is 6.01. The van der Waals surface area contributed by atoms with Crippen LogP contribution in [0.25, 0.3) is 32.9 Å². The number of aliphatic hydroxyl groups is 1. The smallest absolute Gasteiger partial charge is 0.319 e. The minimum atomic E-state index is -1.17. The van der Waals surface area contributed by atoms with Gasteiger partial charge in [0.1, 0.15) is 34.2 Å². The van der Waals surface area contributed by atoms with Crippen molar-refractivity contribution in [1.29, 1.82) is 0 Å². The summed E-state index contributed by atoms with van der Waals surface area (Å²) in [6, 6.07) is 6.92. The molecule has 4 aromatic rings. The van der Waals surface area contributed by atoms with Crippen molar-refractivity contribution in [3.8, 4) is 23.0 Å². The molecule has 5 aliphatic rings. The van der Waals surface area contributed by atoms with Crippen LogP contribution in [0, 0.1) is 17.0 Å². The number of hydrogen-bond acceptors (Lipinski definition) is 10. The number of hydrogen-bond donors (Lipinski definition) is 2. The Hall–Kier alpha value is -3.71. The van der Waals surface area contributed by atoms with E-state index in [1.807, 2.05) is 11.8 Å². The van der Waals surface area contributed by atoms with Gasteiger partial charge in [-0.3, -0.25) is 9.88 Å². The Morgan fingerprint density at radius 2 is 1.85 bits per heavy atom. The van der Waals surface area contributed by atoms with Crippen molar-refractivity contribution >= 4 is 27.5 Å². The number of phenolic OH excluding ortho intramolecular Hbond substituents is 1. The quantitative estimate of drug-likeness (QED) is 0.213. The molecule has 10 nitrogen and oxygen atoms in total. The average molecular weight is 730 g/mol. The molecule has 4 unspecified atom stereocenters. The van der Waals surface area contributed by atoms with Gasteiger partial charge in [0, 0.05) is 35.8 Å². The molecule has 5 fully saturated rings. The van der Waals surface area contributed by atoms with Crippen LogP contribution in [-0.2, 0) is 15.9 Å². The molecule has 9 rings (SSSR count). The van der Waals surface area contributed by atoms with Crippen molar-refractivity contribution in [3.05, 3.63) is 47.7 Å². The Balaban J connectivity index is 1.12. The lowest BCUT2D eigenvalue weighted by molar-refractivity contribution is -0.0798. The molecule has 1 aliphatic carbocycles. The molecule has 0 spiro atoms. The van der Waals surface area contributed by atoms with Gasteiger partial charge in [0.15, 0.2) is 5.82 Å². The zero-order valence-electron chi connectivity index (χ0n) is 30.6. The van der Waals surface area contributed by atoms with Crippen molar-refractivity contribution in [2.24, 2.45) is 5.41 Å². The number of ether oxygens (including phenoxy) is 3. The predicted octanol–water partition coefficient (Wildman–Crippen LogP) is 6.70. The van der Waals surface area contributed by atoms with Gasteiger partial charge in [-0.05, 0) is 106 Å². The Kier molecular flexibility index (Phi) is 8.95. The van der Waals surface area contributed by atoms with E-state index in [0.717, 1.165) is 51.5 Å². The van der Waals surface area contributed by atoms with Crippen LogP contribution >= 0.6 is 0 Å². The average Bonchev–Trinajstić information content (AvgIpc) is 3.67. The van der Waals surface area contributed by atoms with Crippen LogP contribution in [0.15, 0.2) is 30.5 Å². The summed E-state index contributed by atoms with van der Waals surface area (Å²) in [5, 5.41) is 23.3. The molecule has 282 valence electrons. The Morgan fingerprint density at radius 1 is 1.04 bits per heavy atom. The van der Waals surface area contributed by atoms with Crippen molar-refractivity contribution in [2.75, 3.05) is 44.4 Å². The Labute approximate surface area is 308 Å². The second kappa shape index (κ2) is 13.5. The van der Waals surface area contributed by atoms with Gasteiger partial charge >= 0.3 is 6.01 Å². The van der Waals surface area contributed by atoms with Crippen LogP contribution in [0.3, 0.4) is 0 Å². The van der Waals surface area contributed by atoms with Crippen molar-refractivity contribution in [2.45, 2.75) is 108 Å². The van der Waals surface area contributed by atoms with Crippen LogP contribution in [0.1, 0.15) is 77.2 Å². The zero-order chi connectivity index (χ0) is 36.5. The topological polar surface area (TPSA) is 113 Å². The number of likely N-dealkylation sites (tertiary alicyclic amines) is 1. The molecule has 1 saturated carbocycles. The molecule has 5 atom stereocenters. The van der Waals surface area contributed by atoms with E-state index in [9.17, 15) is 10.2 Å². The van der Waals surface area contributed by atoms with Gasteiger partial charge in [-0.1, -0.05) is 19.4 Å². The lowest BCUT2D eigenvalue weighted by Gasteiger charge is -2.50. The number of β-amino-alcohol motifs (C(OH)–C–C–N with tert-alkyl or cyclic N) is 1. The fraction of sp³-hybridized carbons (Fsp3) is 0.585. The van der Waals surface area contributed by atoms with E-state index in [4.69, 9.17) is 24.2 Å². The number of nitrogens with zero attached hydrogens (tertiary/aromatic N) is 5. The first-order valence-electron chi connectivity index (χ1n) is 19.5. The normalized spacial score (nSPS) is 30.5. The molecule has 12 heteroatoms. The fourth-order valence-electron chi connectivity index (χ4n) is 10.4. The molecule has 2 aromatic carbocycles. The number of anilines is 1. The van der Waals surface area contributed by atoms with Gasteiger partial charge in [0.25, 0.3) is 0 Å². The van der Waals surface area contributed by atoms with Crippen LogP contribution in [0.2, 0.25) is 0 Å². The fourth-order valence-corrected chi connectivity index (χ4v) is 10.4. The van der Waals surface area contributed by atoms with E-state index in [2.05, 4.69) is 9.88 Å². The third kappa shape index (κ3) is 6.29. The van der Waals surface area contributed by atoms with E-state index in [-0.39, 0.29) is 47.1 Å². The molecule has 0 amide bonds. The molecule has 6 heterocycles. The van der Waals surface area contributed by atoms with Crippen LogP contribution in [-0.4, -0.2) is 99.4 Å². The number of aromatic hydroxyl groups is 1. The van der Waals surface area contributed by atoms with Gasteiger partial charge in [-0.15, -0.1) is 0 Å². The van der Waals surface area contributed by atoms with Gasteiger partial charge in [-0.2, -0.15) is 9.97 Å². The second-order valence-electron chi connectivity index (χ2n) is 16.4. The standard InChI is InChI=1S/C41H49F2N5O5/c1-3-29-32(42)10-7-24-16-26(49)19-30(34(24)29)36-35(43)37-31(20-44-36)38(47-14-15-51-22-40(2,50)21-47)46-39(45-37)52-23-41-11-4-6-33(41)48(13-5-12-41)25-17-27-8-9-28(18-25)53-27/h7,10,16,19-20,25,27-28,33,49-50H,3-6,8-9,11-15,17-18,21-23H2,1-2H3/t25?,27?,28?,33?,40-,41?/m0/s1. The van der Waals surface area contributed by atoms with Crippen molar-refractivity contribution < 1.29 is 33.2 Å².